The summed E-state index contributed by atoms with van der Waals surface area (Å²) in [5.74, 6) is 0.200. The zero-order chi connectivity index (χ0) is 15.6. The van der Waals surface area contributed by atoms with Gasteiger partial charge >= 0.3 is 5.69 Å². The van der Waals surface area contributed by atoms with Gasteiger partial charge in [0, 0.05) is 25.7 Å². The van der Waals surface area contributed by atoms with Crippen molar-refractivity contribution in [3.63, 3.8) is 0 Å². The van der Waals surface area contributed by atoms with Crippen LogP contribution in [0, 0.1) is 11.3 Å². The molecule has 0 unspecified atom stereocenters. The van der Waals surface area contributed by atoms with Crippen molar-refractivity contribution in [1.29, 1.82) is 5.26 Å². The fraction of sp³-hybridized carbons (Fsp3) is 0.214. The van der Waals surface area contributed by atoms with Crippen LogP contribution in [0.3, 0.4) is 0 Å². The van der Waals surface area contributed by atoms with Crippen LogP contribution in [0.2, 0.25) is 5.02 Å². The first-order valence-electron chi connectivity index (χ1n) is 6.14. The van der Waals surface area contributed by atoms with E-state index in [4.69, 9.17) is 16.9 Å². The summed E-state index contributed by atoms with van der Waals surface area (Å²) in [6.07, 6.45) is 0. The lowest BCUT2D eigenvalue weighted by atomic mass is 10.2. The molecular weight excluding hydrogens is 292 g/mol. The molecule has 1 N–H and O–H groups in total. The van der Waals surface area contributed by atoms with Crippen molar-refractivity contribution in [3.8, 4) is 6.07 Å². The predicted molar refractivity (Wildman–Crippen MR) is 80.4 cm³/mol. The summed E-state index contributed by atoms with van der Waals surface area (Å²) in [5, 5.41) is 12.7. The summed E-state index contributed by atoms with van der Waals surface area (Å²) in [6.45, 7) is 0.343. The molecular formula is C14H13ClN4O2. The van der Waals surface area contributed by atoms with Crippen molar-refractivity contribution in [3.05, 3.63) is 61.3 Å². The fourth-order valence-corrected chi connectivity index (χ4v) is 2.20. The van der Waals surface area contributed by atoms with E-state index in [0.29, 0.717) is 11.6 Å². The maximum Gasteiger partial charge on any atom is 0.332 e. The third-order valence-electron chi connectivity index (χ3n) is 3.13. The average molecular weight is 305 g/mol. The highest BCUT2D eigenvalue weighted by Crippen LogP contribution is 2.13. The average Bonchev–Trinajstić information content (AvgIpc) is 2.47. The monoisotopic (exact) mass is 304 g/mol. The normalized spacial score (nSPS) is 10.2. The zero-order valence-corrected chi connectivity index (χ0v) is 12.3. The number of halogens is 1. The molecule has 6 nitrogen and oxygen atoms in total. The van der Waals surface area contributed by atoms with Gasteiger partial charge in [0.15, 0.2) is 5.56 Å². The van der Waals surface area contributed by atoms with Crippen molar-refractivity contribution in [1.82, 2.24) is 9.13 Å². The zero-order valence-electron chi connectivity index (χ0n) is 11.6. The van der Waals surface area contributed by atoms with Gasteiger partial charge < -0.3 is 5.32 Å². The van der Waals surface area contributed by atoms with E-state index < -0.39 is 11.2 Å². The van der Waals surface area contributed by atoms with Crippen LogP contribution >= 0.6 is 11.6 Å². The van der Waals surface area contributed by atoms with Crippen LogP contribution in [-0.4, -0.2) is 9.13 Å². The minimum atomic E-state index is -0.616. The standard InChI is InChI=1S/C14H13ClN4O2/c1-18-12(11(7-16)13(20)19(2)14(18)21)17-8-9-4-3-5-10(15)6-9/h3-6,17H,8H2,1-2H3. The van der Waals surface area contributed by atoms with Gasteiger partial charge in [0.25, 0.3) is 5.56 Å². The molecule has 2 rings (SSSR count). The molecule has 0 atom stereocenters. The van der Waals surface area contributed by atoms with Gasteiger partial charge in [-0.25, -0.2) is 4.79 Å². The van der Waals surface area contributed by atoms with Gasteiger partial charge in [0.05, 0.1) is 0 Å². The SMILES string of the molecule is Cn1c(NCc2cccc(Cl)c2)c(C#N)c(=O)n(C)c1=O. The van der Waals surface area contributed by atoms with E-state index in [1.165, 1.54) is 18.7 Å². The Morgan fingerprint density at radius 3 is 2.62 bits per heavy atom. The number of nitrogens with zero attached hydrogens (tertiary/aromatic N) is 3. The van der Waals surface area contributed by atoms with E-state index in [9.17, 15) is 9.59 Å². The van der Waals surface area contributed by atoms with Gasteiger partial charge in [-0.3, -0.25) is 13.9 Å². The molecule has 21 heavy (non-hydrogen) atoms. The Morgan fingerprint density at radius 1 is 1.29 bits per heavy atom. The highest BCUT2D eigenvalue weighted by molar-refractivity contribution is 6.30. The molecule has 1 aromatic carbocycles. The van der Waals surface area contributed by atoms with Gasteiger partial charge in [-0.15, -0.1) is 0 Å². The van der Waals surface area contributed by atoms with Crippen molar-refractivity contribution in [2.24, 2.45) is 14.1 Å². The van der Waals surface area contributed by atoms with Gasteiger partial charge in [-0.1, -0.05) is 23.7 Å². The molecule has 0 aliphatic heterocycles. The first-order chi connectivity index (χ1) is 9.95. The lowest BCUT2D eigenvalue weighted by Gasteiger charge is -2.13. The molecule has 0 radical (unpaired) electrons. The molecule has 0 saturated carbocycles. The third kappa shape index (κ3) is 2.83. The second-order valence-electron chi connectivity index (χ2n) is 4.52. The summed E-state index contributed by atoms with van der Waals surface area (Å²) in [4.78, 5) is 23.8. The second-order valence-corrected chi connectivity index (χ2v) is 4.96. The molecule has 108 valence electrons. The first kappa shape index (κ1) is 14.9. The molecule has 0 amide bonds. The molecule has 0 aliphatic rings. The Bertz CT molecular complexity index is 846. The van der Waals surface area contributed by atoms with Crippen LogP contribution in [0.25, 0.3) is 0 Å². The number of hydrogen-bond donors (Lipinski definition) is 1. The first-order valence-corrected chi connectivity index (χ1v) is 6.52. The Labute approximate surface area is 125 Å². The summed E-state index contributed by atoms with van der Waals surface area (Å²) in [6, 6.07) is 9.00. The van der Waals surface area contributed by atoms with Gasteiger partial charge in [-0.05, 0) is 17.7 Å². The van der Waals surface area contributed by atoms with Crippen LogP contribution in [0.15, 0.2) is 33.9 Å². The summed E-state index contributed by atoms with van der Waals surface area (Å²) < 4.78 is 2.15. The van der Waals surface area contributed by atoms with Crippen LogP contribution < -0.4 is 16.6 Å². The van der Waals surface area contributed by atoms with E-state index in [2.05, 4.69) is 5.32 Å². The minimum absolute atomic E-state index is 0.0957. The number of nitriles is 1. The summed E-state index contributed by atoms with van der Waals surface area (Å²) in [5.41, 5.74) is -0.331. The van der Waals surface area contributed by atoms with E-state index >= 15 is 0 Å². The number of aromatic nitrogens is 2. The molecule has 7 heteroatoms. The number of hydrogen-bond acceptors (Lipinski definition) is 4. The highest BCUT2D eigenvalue weighted by Gasteiger charge is 2.14. The fourth-order valence-electron chi connectivity index (χ4n) is 1.98. The Morgan fingerprint density at radius 2 is 2.00 bits per heavy atom. The summed E-state index contributed by atoms with van der Waals surface area (Å²) >= 11 is 5.90. The van der Waals surface area contributed by atoms with Crippen molar-refractivity contribution in [2.75, 3.05) is 5.32 Å². The maximum absolute atomic E-state index is 11.9. The number of rotatable bonds is 3. The van der Waals surface area contributed by atoms with E-state index in [0.717, 1.165) is 10.1 Å². The van der Waals surface area contributed by atoms with Crippen molar-refractivity contribution < 1.29 is 0 Å². The van der Waals surface area contributed by atoms with Crippen LogP contribution in [0.5, 0.6) is 0 Å². The quantitative estimate of drug-likeness (QED) is 0.924. The molecule has 1 heterocycles. The van der Waals surface area contributed by atoms with Crippen LogP contribution in [0.4, 0.5) is 5.82 Å². The highest BCUT2D eigenvalue weighted by atomic mass is 35.5. The molecule has 0 spiro atoms. The topological polar surface area (TPSA) is 79.8 Å². The lowest BCUT2D eigenvalue weighted by molar-refractivity contribution is 0.685. The molecule has 0 aliphatic carbocycles. The van der Waals surface area contributed by atoms with Gasteiger partial charge in [0.2, 0.25) is 0 Å². The minimum Gasteiger partial charge on any atom is -0.366 e. The summed E-state index contributed by atoms with van der Waals surface area (Å²) in [7, 11) is 2.84. The number of anilines is 1. The van der Waals surface area contributed by atoms with E-state index in [1.807, 2.05) is 12.1 Å². The largest absolute Gasteiger partial charge is 0.366 e. The molecule has 0 fully saturated rings. The second kappa shape index (κ2) is 5.85. The Kier molecular flexibility index (Phi) is 4.15. The van der Waals surface area contributed by atoms with Crippen LogP contribution in [-0.2, 0) is 20.6 Å². The third-order valence-corrected chi connectivity index (χ3v) is 3.36. The van der Waals surface area contributed by atoms with Crippen LogP contribution in [0.1, 0.15) is 11.1 Å². The number of benzene rings is 1. The molecule has 0 saturated heterocycles. The molecule has 1 aromatic heterocycles. The number of nitrogens with one attached hydrogen (secondary N) is 1. The van der Waals surface area contributed by atoms with Crippen molar-refractivity contribution in [2.45, 2.75) is 6.54 Å². The van der Waals surface area contributed by atoms with E-state index in [1.54, 1.807) is 18.2 Å². The molecule has 2 aromatic rings. The Balaban J connectivity index is 2.44. The smallest absolute Gasteiger partial charge is 0.332 e. The van der Waals surface area contributed by atoms with Gasteiger partial charge in [-0.2, -0.15) is 5.26 Å². The van der Waals surface area contributed by atoms with E-state index in [-0.39, 0.29) is 11.4 Å². The predicted octanol–water partition coefficient (Wildman–Crippen LogP) is 1.22. The van der Waals surface area contributed by atoms with Crippen molar-refractivity contribution >= 4 is 17.4 Å². The molecule has 0 bridgehead atoms. The lowest BCUT2D eigenvalue weighted by Crippen LogP contribution is -2.39. The van der Waals surface area contributed by atoms with Gasteiger partial charge in [0.1, 0.15) is 11.9 Å². The maximum atomic E-state index is 11.9. The Hall–Kier alpha value is -2.52.